The molecule has 4 heteroatoms. The molecule has 0 spiro atoms. The monoisotopic (exact) mass is 189 g/mol. The molecule has 2 N–H and O–H groups in total. The third kappa shape index (κ3) is 2.44. The van der Waals surface area contributed by atoms with E-state index >= 15 is 0 Å². The second-order valence-corrected chi connectivity index (χ2v) is 2.76. The van der Waals surface area contributed by atoms with Crippen LogP contribution in [-0.2, 0) is 6.54 Å². The first-order chi connectivity index (χ1) is 5.74. The van der Waals surface area contributed by atoms with Crippen molar-refractivity contribution in [2.75, 3.05) is 6.73 Å². The van der Waals surface area contributed by atoms with Gasteiger partial charge in [-0.1, -0.05) is 11.6 Å². The number of nitrogens with one attached hydrogen (secondary N) is 1. The molecule has 0 radical (unpaired) electrons. The maximum Gasteiger partial charge on any atom is 0.127 e. The number of benzene rings is 1. The lowest BCUT2D eigenvalue weighted by molar-refractivity contribution is 0.258. The van der Waals surface area contributed by atoms with Crippen molar-refractivity contribution in [3.05, 3.63) is 34.6 Å². The van der Waals surface area contributed by atoms with Crippen LogP contribution in [0.15, 0.2) is 18.2 Å². The highest BCUT2D eigenvalue weighted by Crippen LogP contribution is 2.14. The van der Waals surface area contributed by atoms with E-state index in [9.17, 15) is 4.39 Å². The standard InChI is InChI=1S/C8H9ClFNO/c9-7-1-2-8(10)6(3-7)4-11-5-12/h1-3,11-12H,4-5H2. The average Bonchev–Trinajstić information content (AvgIpc) is 2.07. The molecule has 0 atom stereocenters. The predicted octanol–water partition coefficient (Wildman–Crippen LogP) is 1.52. The van der Waals surface area contributed by atoms with Gasteiger partial charge in [0.2, 0.25) is 0 Å². The van der Waals surface area contributed by atoms with Gasteiger partial charge in [-0.25, -0.2) is 4.39 Å². The van der Waals surface area contributed by atoms with Gasteiger partial charge in [0.15, 0.2) is 0 Å². The number of halogens is 2. The summed E-state index contributed by atoms with van der Waals surface area (Å²) in [4.78, 5) is 0. The van der Waals surface area contributed by atoms with Gasteiger partial charge in [0.05, 0.1) is 6.73 Å². The van der Waals surface area contributed by atoms with E-state index in [0.29, 0.717) is 10.6 Å². The summed E-state index contributed by atoms with van der Waals surface area (Å²) in [5.41, 5.74) is 0.455. The molecule has 12 heavy (non-hydrogen) atoms. The van der Waals surface area contributed by atoms with Crippen LogP contribution in [0.2, 0.25) is 5.02 Å². The van der Waals surface area contributed by atoms with Gasteiger partial charge in [-0.2, -0.15) is 0 Å². The summed E-state index contributed by atoms with van der Waals surface area (Å²) in [6, 6.07) is 4.32. The predicted molar refractivity (Wildman–Crippen MR) is 45.3 cm³/mol. The largest absolute Gasteiger partial charge is 0.381 e. The Bertz CT molecular complexity index is 267. The maximum atomic E-state index is 12.9. The lowest BCUT2D eigenvalue weighted by Crippen LogP contribution is -2.14. The molecule has 0 aromatic heterocycles. The molecule has 0 bridgehead atoms. The highest BCUT2D eigenvalue weighted by atomic mass is 35.5. The zero-order valence-corrected chi connectivity index (χ0v) is 7.11. The van der Waals surface area contributed by atoms with Gasteiger partial charge in [0.1, 0.15) is 5.82 Å². The van der Waals surface area contributed by atoms with Gasteiger partial charge in [-0.05, 0) is 18.2 Å². The Morgan fingerprint density at radius 3 is 2.92 bits per heavy atom. The summed E-state index contributed by atoms with van der Waals surface area (Å²) in [6.45, 7) is 0.106. The first-order valence-corrected chi connectivity index (χ1v) is 3.87. The van der Waals surface area contributed by atoms with Crippen LogP contribution in [0.5, 0.6) is 0 Å². The molecule has 0 aliphatic heterocycles. The molecule has 0 aliphatic carbocycles. The maximum absolute atomic E-state index is 12.9. The van der Waals surface area contributed by atoms with Crippen molar-refractivity contribution in [1.82, 2.24) is 5.32 Å². The second kappa shape index (κ2) is 4.40. The van der Waals surface area contributed by atoms with Gasteiger partial charge in [0.25, 0.3) is 0 Å². The number of hydrogen-bond acceptors (Lipinski definition) is 2. The first kappa shape index (κ1) is 9.45. The minimum Gasteiger partial charge on any atom is -0.381 e. The van der Waals surface area contributed by atoms with E-state index in [4.69, 9.17) is 16.7 Å². The Morgan fingerprint density at radius 1 is 1.50 bits per heavy atom. The zero-order chi connectivity index (χ0) is 8.97. The van der Waals surface area contributed by atoms with Crippen LogP contribution in [0, 0.1) is 5.82 Å². The first-order valence-electron chi connectivity index (χ1n) is 3.49. The van der Waals surface area contributed by atoms with Gasteiger partial charge in [0, 0.05) is 17.1 Å². The quantitative estimate of drug-likeness (QED) is 0.707. The Labute approximate surface area is 75.0 Å². The Morgan fingerprint density at radius 2 is 2.25 bits per heavy atom. The molecule has 0 saturated carbocycles. The molecule has 1 aromatic carbocycles. The zero-order valence-electron chi connectivity index (χ0n) is 6.35. The molecule has 1 rings (SSSR count). The number of aliphatic hydroxyl groups excluding tert-OH is 1. The number of rotatable bonds is 3. The molecule has 66 valence electrons. The summed E-state index contributed by atoms with van der Waals surface area (Å²) >= 11 is 5.64. The molecule has 0 fully saturated rings. The second-order valence-electron chi connectivity index (χ2n) is 2.32. The smallest absolute Gasteiger partial charge is 0.127 e. The van der Waals surface area contributed by atoms with E-state index < -0.39 is 0 Å². The molecule has 0 unspecified atom stereocenters. The normalized spacial score (nSPS) is 10.2. The van der Waals surface area contributed by atoms with E-state index in [-0.39, 0.29) is 19.1 Å². The highest BCUT2D eigenvalue weighted by molar-refractivity contribution is 6.30. The summed E-state index contributed by atoms with van der Waals surface area (Å²) in [5, 5.41) is 11.5. The summed E-state index contributed by atoms with van der Waals surface area (Å²) in [5.74, 6) is -0.319. The van der Waals surface area contributed by atoms with Gasteiger partial charge < -0.3 is 5.11 Å². The van der Waals surface area contributed by atoms with Crippen molar-refractivity contribution >= 4 is 11.6 Å². The highest BCUT2D eigenvalue weighted by Gasteiger charge is 2.01. The minimum absolute atomic E-state index is 0.175. The molecule has 0 amide bonds. The summed E-state index contributed by atoms with van der Waals surface area (Å²) in [6.07, 6.45) is 0. The van der Waals surface area contributed by atoms with E-state index in [1.54, 1.807) is 0 Å². The molecule has 0 aliphatic rings. The molecule has 2 nitrogen and oxygen atoms in total. The van der Waals surface area contributed by atoms with Crippen LogP contribution >= 0.6 is 11.6 Å². The molecular formula is C8H9ClFNO. The fraction of sp³-hybridized carbons (Fsp3) is 0.250. The SMILES string of the molecule is OCNCc1cc(Cl)ccc1F. The summed E-state index contributed by atoms with van der Waals surface area (Å²) in [7, 11) is 0. The van der Waals surface area contributed by atoms with Crippen LogP contribution < -0.4 is 5.32 Å². The Hall–Kier alpha value is -0.640. The van der Waals surface area contributed by atoms with Crippen molar-refractivity contribution in [3.63, 3.8) is 0 Å². The van der Waals surface area contributed by atoms with E-state index in [1.807, 2.05) is 0 Å². The lowest BCUT2D eigenvalue weighted by Gasteiger charge is -2.03. The molecule has 1 aromatic rings. The number of aliphatic hydroxyl groups is 1. The van der Waals surface area contributed by atoms with Crippen LogP contribution in [0.25, 0.3) is 0 Å². The summed E-state index contributed by atoms with van der Waals surface area (Å²) < 4.78 is 12.9. The van der Waals surface area contributed by atoms with Crippen LogP contribution in [0.1, 0.15) is 5.56 Å². The molecular weight excluding hydrogens is 181 g/mol. The number of hydrogen-bond donors (Lipinski definition) is 2. The topological polar surface area (TPSA) is 32.3 Å². The van der Waals surface area contributed by atoms with Crippen molar-refractivity contribution in [1.29, 1.82) is 0 Å². The lowest BCUT2D eigenvalue weighted by atomic mass is 10.2. The Kier molecular flexibility index (Phi) is 3.47. The fourth-order valence-corrected chi connectivity index (χ4v) is 1.06. The van der Waals surface area contributed by atoms with Gasteiger partial charge in [-0.15, -0.1) is 0 Å². The van der Waals surface area contributed by atoms with Crippen molar-refractivity contribution < 1.29 is 9.50 Å². The molecule has 0 saturated heterocycles. The van der Waals surface area contributed by atoms with Crippen LogP contribution in [0.3, 0.4) is 0 Å². The van der Waals surface area contributed by atoms with E-state index in [0.717, 1.165) is 0 Å². The molecule has 0 heterocycles. The van der Waals surface area contributed by atoms with Crippen molar-refractivity contribution in [3.8, 4) is 0 Å². The average molecular weight is 190 g/mol. The fourth-order valence-electron chi connectivity index (χ4n) is 0.869. The minimum atomic E-state index is -0.319. The van der Waals surface area contributed by atoms with Crippen LogP contribution in [-0.4, -0.2) is 11.8 Å². The van der Waals surface area contributed by atoms with Gasteiger partial charge in [-0.3, -0.25) is 5.32 Å². The van der Waals surface area contributed by atoms with Crippen molar-refractivity contribution in [2.24, 2.45) is 0 Å². The van der Waals surface area contributed by atoms with Crippen LogP contribution in [0.4, 0.5) is 4.39 Å². The van der Waals surface area contributed by atoms with Gasteiger partial charge >= 0.3 is 0 Å². The Balaban J connectivity index is 2.75. The van der Waals surface area contributed by atoms with E-state index in [2.05, 4.69) is 5.32 Å². The van der Waals surface area contributed by atoms with Crippen molar-refractivity contribution in [2.45, 2.75) is 6.54 Å². The third-order valence-corrected chi connectivity index (χ3v) is 1.67. The third-order valence-electron chi connectivity index (χ3n) is 1.44. The van der Waals surface area contributed by atoms with E-state index in [1.165, 1.54) is 18.2 Å².